The monoisotopic (exact) mass is 336 g/mol. The Morgan fingerprint density at radius 3 is 2.20 bits per heavy atom. The molecule has 0 bridgehead atoms. The van der Waals surface area contributed by atoms with Crippen molar-refractivity contribution >= 4 is 10.9 Å². The molecule has 0 atom stereocenters. The van der Waals surface area contributed by atoms with E-state index in [2.05, 4.69) is 10.2 Å². The molecule has 0 N–H and O–H groups in total. The second-order valence-corrected chi connectivity index (χ2v) is 6.00. The summed E-state index contributed by atoms with van der Waals surface area (Å²) in [6, 6.07) is 7.87. The van der Waals surface area contributed by atoms with Crippen molar-refractivity contribution in [2.45, 2.75) is 6.92 Å². The fourth-order valence-electron chi connectivity index (χ4n) is 3.01. The Hall–Kier alpha value is -3.42. The van der Waals surface area contributed by atoms with Crippen LogP contribution in [0.5, 0.6) is 0 Å². The first-order valence-corrected chi connectivity index (χ1v) is 7.72. The molecule has 0 unspecified atom stereocenters. The summed E-state index contributed by atoms with van der Waals surface area (Å²) >= 11 is 0. The molecule has 4 aromatic rings. The van der Waals surface area contributed by atoms with Gasteiger partial charge in [0.15, 0.2) is 0 Å². The van der Waals surface area contributed by atoms with Gasteiger partial charge in [0.1, 0.15) is 12.7 Å². The van der Waals surface area contributed by atoms with Crippen molar-refractivity contribution in [3.05, 3.63) is 69.5 Å². The van der Waals surface area contributed by atoms with E-state index in [0.29, 0.717) is 16.6 Å². The van der Waals surface area contributed by atoms with Crippen molar-refractivity contribution < 1.29 is 0 Å². The summed E-state index contributed by atoms with van der Waals surface area (Å²) < 4.78 is 6.03. The van der Waals surface area contributed by atoms with E-state index in [1.807, 2.05) is 31.2 Å². The normalized spacial score (nSPS) is 11.3. The molecule has 126 valence electrons. The molecule has 0 spiro atoms. The number of aromatic nitrogens is 6. The maximum atomic E-state index is 12.8. The molecule has 0 aliphatic carbocycles. The molecule has 3 heterocycles. The molecule has 0 aliphatic rings. The SMILES string of the molecule is Cc1ccc(-c2c3c(=O)n(C)c(=O)n(C)c3cn2-n2cnnc2)cc1. The second-order valence-electron chi connectivity index (χ2n) is 6.00. The molecule has 8 heteroatoms. The quantitative estimate of drug-likeness (QED) is 0.545. The van der Waals surface area contributed by atoms with Crippen LogP contribution in [0.1, 0.15) is 5.56 Å². The summed E-state index contributed by atoms with van der Waals surface area (Å²) in [5.41, 5.74) is 2.53. The third-order valence-corrected chi connectivity index (χ3v) is 4.40. The summed E-state index contributed by atoms with van der Waals surface area (Å²) in [4.78, 5) is 25.1. The number of hydrogen-bond acceptors (Lipinski definition) is 4. The topological polar surface area (TPSA) is 79.6 Å². The Kier molecular flexibility index (Phi) is 3.21. The third kappa shape index (κ3) is 2.14. The molecule has 8 nitrogen and oxygen atoms in total. The van der Waals surface area contributed by atoms with E-state index in [1.54, 1.807) is 35.3 Å². The smallest absolute Gasteiger partial charge is 0.295 e. The van der Waals surface area contributed by atoms with Crippen LogP contribution in [-0.4, -0.2) is 28.7 Å². The Morgan fingerprint density at radius 2 is 1.56 bits per heavy atom. The van der Waals surface area contributed by atoms with Crippen LogP contribution in [0.2, 0.25) is 0 Å². The number of aryl methyl sites for hydroxylation is 2. The Bertz CT molecular complexity index is 1190. The minimum absolute atomic E-state index is 0.333. The van der Waals surface area contributed by atoms with Crippen molar-refractivity contribution in [2.75, 3.05) is 0 Å². The number of nitrogens with zero attached hydrogens (tertiary/aromatic N) is 6. The highest BCUT2D eigenvalue weighted by Crippen LogP contribution is 2.28. The highest BCUT2D eigenvalue weighted by molar-refractivity contribution is 5.93. The lowest BCUT2D eigenvalue weighted by molar-refractivity contribution is 0.667. The first-order valence-electron chi connectivity index (χ1n) is 7.72. The van der Waals surface area contributed by atoms with Gasteiger partial charge in [0, 0.05) is 19.7 Å². The van der Waals surface area contributed by atoms with Gasteiger partial charge in [-0.25, -0.2) is 9.47 Å². The van der Waals surface area contributed by atoms with E-state index in [1.165, 1.54) is 11.6 Å². The highest BCUT2D eigenvalue weighted by Gasteiger charge is 2.20. The minimum Gasteiger partial charge on any atom is -0.295 e. The van der Waals surface area contributed by atoms with Crippen LogP contribution in [0, 0.1) is 6.92 Å². The van der Waals surface area contributed by atoms with Gasteiger partial charge >= 0.3 is 5.69 Å². The van der Waals surface area contributed by atoms with Gasteiger partial charge < -0.3 is 0 Å². The highest BCUT2D eigenvalue weighted by atomic mass is 16.2. The Morgan fingerprint density at radius 1 is 0.920 bits per heavy atom. The van der Waals surface area contributed by atoms with Crippen LogP contribution in [0.3, 0.4) is 0 Å². The maximum absolute atomic E-state index is 12.8. The predicted octanol–water partition coefficient (Wildman–Crippen LogP) is 0.917. The zero-order valence-corrected chi connectivity index (χ0v) is 14.0. The third-order valence-electron chi connectivity index (χ3n) is 4.40. The summed E-state index contributed by atoms with van der Waals surface area (Å²) in [5, 5.41) is 8.15. The largest absolute Gasteiger partial charge is 0.330 e. The molecule has 3 aromatic heterocycles. The predicted molar refractivity (Wildman–Crippen MR) is 93.4 cm³/mol. The molecule has 0 saturated heterocycles. The fourth-order valence-corrected chi connectivity index (χ4v) is 3.01. The molecular weight excluding hydrogens is 320 g/mol. The van der Waals surface area contributed by atoms with Gasteiger partial charge in [-0.3, -0.25) is 18.6 Å². The van der Waals surface area contributed by atoms with Gasteiger partial charge in [-0.05, 0) is 6.92 Å². The van der Waals surface area contributed by atoms with E-state index in [-0.39, 0.29) is 11.2 Å². The summed E-state index contributed by atoms with van der Waals surface area (Å²) in [6.07, 6.45) is 4.83. The number of benzene rings is 1. The van der Waals surface area contributed by atoms with Crippen LogP contribution in [0.4, 0.5) is 0 Å². The molecular formula is C17H16N6O2. The van der Waals surface area contributed by atoms with Crippen molar-refractivity contribution in [1.82, 2.24) is 28.7 Å². The molecule has 4 rings (SSSR count). The fraction of sp³-hybridized carbons (Fsp3) is 0.176. The van der Waals surface area contributed by atoms with Crippen LogP contribution in [0.25, 0.3) is 22.2 Å². The first kappa shape index (κ1) is 15.1. The molecule has 0 aliphatic heterocycles. The molecule has 0 radical (unpaired) electrons. The zero-order chi connectivity index (χ0) is 17.7. The van der Waals surface area contributed by atoms with E-state index in [4.69, 9.17) is 0 Å². The molecule has 25 heavy (non-hydrogen) atoms. The first-order chi connectivity index (χ1) is 12.0. The second kappa shape index (κ2) is 5.30. The molecule has 0 fully saturated rings. The standard InChI is InChI=1S/C17H16N6O2/c1-11-4-6-12(7-5-11)15-14-13(8-23(15)22-9-18-19-10-22)20(2)17(25)21(3)16(14)24/h4-10H,1-3H3. The Labute approximate surface area is 142 Å². The van der Waals surface area contributed by atoms with E-state index >= 15 is 0 Å². The van der Waals surface area contributed by atoms with Gasteiger partial charge in [-0.15, -0.1) is 10.2 Å². The zero-order valence-electron chi connectivity index (χ0n) is 14.0. The minimum atomic E-state index is -0.367. The van der Waals surface area contributed by atoms with Gasteiger partial charge in [0.05, 0.1) is 22.8 Å². The maximum Gasteiger partial charge on any atom is 0.330 e. The van der Waals surface area contributed by atoms with Gasteiger partial charge in [-0.2, -0.15) is 0 Å². The number of hydrogen-bond donors (Lipinski definition) is 0. The van der Waals surface area contributed by atoms with Gasteiger partial charge in [0.2, 0.25) is 0 Å². The molecule has 0 amide bonds. The van der Waals surface area contributed by atoms with Crippen molar-refractivity contribution in [2.24, 2.45) is 14.1 Å². The van der Waals surface area contributed by atoms with Crippen molar-refractivity contribution in [3.63, 3.8) is 0 Å². The number of rotatable bonds is 2. The lowest BCUT2D eigenvalue weighted by Crippen LogP contribution is -2.36. The summed E-state index contributed by atoms with van der Waals surface area (Å²) in [7, 11) is 3.14. The molecule has 0 saturated carbocycles. The average molecular weight is 336 g/mol. The van der Waals surface area contributed by atoms with E-state index in [0.717, 1.165) is 15.7 Å². The average Bonchev–Trinajstić information content (AvgIpc) is 3.26. The van der Waals surface area contributed by atoms with Crippen molar-refractivity contribution in [3.8, 4) is 11.3 Å². The van der Waals surface area contributed by atoms with Gasteiger partial charge in [-0.1, -0.05) is 29.8 Å². The van der Waals surface area contributed by atoms with Crippen LogP contribution >= 0.6 is 0 Å². The molecule has 1 aromatic carbocycles. The summed E-state index contributed by atoms with van der Waals surface area (Å²) in [5.74, 6) is 0. The van der Waals surface area contributed by atoms with E-state index in [9.17, 15) is 9.59 Å². The van der Waals surface area contributed by atoms with E-state index < -0.39 is 0 Å². The van der Waals surface area contributed by atoms with Crippen LogP contribution in [0.15, 0.2) is 52.7 Å². The summed E-state index contributed by atoms with van der Waals surface area (Å²) in [6.45, 7) is 2.00. The Balaban J connectivity index is 2.22. The van der Waals surface area contributed by atoms with Gasteiger partial charge in [0.25, 0.3) is 5.56 Å². The lowest BCUT2D eigenvalue weighted by atomic mass is 10.1. The number of fused-ring (bicyclic) bond motifs is 1. The van der Waals surface area contributed by atoms with Crippen LogP contribution in [-0.2, 0) is 14.1 Å². The van der Waals surface area contributed by atoms with Crippen LogP contribution < -0.4 is 11.2 Å². The van der Waals surface area contributed by atoms with Crippen molar-refractivity contribution in [1.29, 1.82) is 0 Å². The lowest BCUT2D eigenvalue weighted by Gasteiger charge is -2.10.